The Hall–Kier alpha value is -0.123. The summed E-state index contributed by atoms with van der Waals surface area (Å²) in [4.78, 5) is 0. The maximum atomic E-state index is 6.10. The Labute approximate surface area is 108 Å². The molecule has 1 aliphatic rings. The summed E-state index contributed by atoms with van der Waals surface area (Å²) >= 11 is 0. The summed E-state index contributed by atoms with van der Waals surface area (Å²) in [5.74, 6) is 0.581. The van der Waals surface area contributed by atoms with Crippen LogP contribution in [0.3, 0.4) is 0 Å². The van der Waals surface area contributed by atoms with Crippen molar-refractivity contribution in [3.63, 3.8) is 0 Å². The van der Waals surface area contributed by atoms with E-state index in [9.17, 15) is 0 Å². The molecule has 0 aliphatic carbocycles. The van der Waals surface area contributed by atoms with E-state index in [-0.39, 0.29) is 0 Å². The van der Waals surface area contributed by atoms with Gasteiger partial charge in [0.15, 0.2) is 8.32 Å². The van der Waals surface area contributed by atoms with Gasteiger partial charge in [-0.25, -0.2) is 0 Å². The van der Waals surface area contributed by atoms with Gasteiger partial charge in [-0.1, -0.05) is 39.8 Å². The van der Waals surface area contributed by atoms with Gasteiger partial charge < -0.3 is 9.16 Å². The first kappa shape index (κ1) is 14.9. The normalized spacial score (nSPS) is 23.1. The van der Waals surface area contributed by atoms with Crippen LogP contribution in [0.1, 0.15) is 34.1 Å². The van der Waals surface area contributed by atoms with Gasteiger partial charge in [0.2, 0.25) is 0 Å². The van der Waals surface area contributed by atoms with E-state index in [1.807, 2.05) is 0 Å². The highest BCUT2D eigenvalue weighted by atomic mass is 28.4. The van der Waals surface area contributed by atoms with Gasteiger partial charge in [-0.3, -0.25) is 0 Å². The van der Waals surface area contributed by atoms with Gasteiger partial charge in [-0.05, 0) is 24.6 Å². The molecule has 0 saturated carbocycles. The Bertz CT molecular complexity index is 262. The molecule has 1 saturated heterocycles. The van der Waals surface area contributed by atoms with Crippen LogP contribution >= 0.6 is 0 Å². The van der Waals surface area contributed by atoms with Crippen molar-refractivity contribution in [1.29, 1.82) is 0 Å². The van der Waals surface area contributed by atoms with Crippen LogP contribution in [-0.2, 0) is 9.16 Å². The molecule has 3 heteroatoms. The zero-order valence-corrected chi connectivity index (χ0v) is 13.2. The van der Waals surface area contributed by atoms with Crippen LogP contribution < -0.4 is 0 Å². The van der Waals surface area contributed by atoms with Crippen LogP contribution in [0.25, 0.3) is 0 Å². The van der Waals surface area contributed by atoms with Crippen LogP contribution in [0.5, 0.6) is 0 Å². The summed E-state index contributed by atoms with van der Waals surface area (Å²) in [6.07, 6.45) is 6.08. The van der Waals surface area contributed by atoms with Gasteiger partial charge in [0.1, 0.15) is 0 Å². The molecule has 1 aliphatic heterocycles. The van der Waals surface area contributed by atoms with E-state index in [1.165, 1.54) is 0 Å². The van der Waals surface area contributed by atoms with E-state index in [4.69, 9.17) is 9.16 Å². The van der Waals surface area contributed by atoms with Gasteiger partial charge in [-0.15, -0.1) is 0 Å². The van der Waals surface area contributed by atoms with Gasteiger partial charge in [0.05, 0.1) is 19.3 Å². The Morgan fingerprint density at radius 2 is 2.00 bits per heavy atom. The molecule has 0 radical (unpaired) electrons. The quantitative estimate of drug-likeness (QED) is 0.407. The Morgan fingerprint density at radius 1 is 1.41 bits per heavy atom. The summed E-state index contributed by atoms with van der Waals surface area (Å²) < 4.78 is 11.4. The highest BCUT2D eigenvalue weighted by molar-refractivity contribution is 6.74. The fraction of sp³-hybridized carbons (Fsp3) is 0.857. The van der Waals surface area contributed by atoms with Crippen LogP contribution in [0, 0.1) is 5.92 Å². The minimum absolute atomic E-state index is 0.296. The minimum Gasteiger partial charge on any atom is -0.413 e. The molecule has 2 nitrogen and oxygen atoms in total. The second-order valence-corrected chi connectivity index (χ2v) is 11.3. The van der Waals surface area contributed by atoms with Gasteiger partial charge in [0.25, 0.3) is 0 Å². The summed E-state index contributed by atoms with van der Waals surface area (Å²) in [5, 5.41) is 0.296. The first-order valence-corrected chi connectivity index (χ1v) is 9.61. The first-order chi connectivity index (χ1) is 7.78. The number of rotatable bonds is 6. The number of epoxide rings is 1. The molecule has 0 bridgehead atoms. The van der Waals surface area contributed by atoms with Crippen LogP contribution in [0.15, 0.2) is 12.2 Å². The lowest BCUT2D eigenvalue weighted by Crippen LogP contribution is -2.40. The lowest BCUT2D eigenvalue weighted by molar-refractivity contribution is 0.324. The van der Waals surface area contributed by atoms with Crippen molar-refractivity contribution in [2.75, 3.05) is 13.2 Å². The monoisotopic (exact) mass is 256 g/mol. The lowest BCUT2D eigenvalue weighted by Gasteiger charge is -2.35. The second-order valence-electron chi connectivity index (χ2n) is 6.44. The van der Waals surface area contributed by atoms with Gasteiger partial charge in [-0.2, -0.15) is 0 Å². The fourth-order valence-electron chi connectivity index (χ4n) is 1.53. The standard InChI is InChI=1S/C14H28O2Si/c1-7-12(13-11-15-13)9-8-10-16-17(5,6)14(2,3)4/h8-9,12-13H,7,10-11H2,1-6H3/b9-8-/t12-,13-/m1/s1. The summed E-state index contributed by atoms with van der Waals surface area (Å²) in [6.45, 7) is 15.3. The molecule has 17 heavy (non-hydrogen) atoms. The van der Waals surface area contributed by atoms with Gasteiger partial charge in [0, 0.05) is 5.92 Å². The fourth-order valence-corrected chi connectivity index (χ4v) is 2.47. The first-order valence-electron chi connectivity index (χ1n) is 6.70. The number of ether oxygens (including phenoxy) is 1. The maximum Gasteiger partial charge on any atom is 0.192 e. The van der Waals surface area contributed by atoms with Crippen molar-refractivity contribution in [1.82, 2.24) is 0 Å². The molecule has 0 aromatic carbocycles. The minimum atomic E-state index is -1.58. The van der Waals surface area contributed by atoms with Crippen molar-refractivity contribution in [2.45, 2.75) is 58.4 Å². The van der Waals surface area contributed by atoms with Crippen molar-refractivity contribution < 1.29 is 9.16 Å². The molecule has 1 fully saturated rings. The largest absolute Gasteiger partial charge is 0.413 e. The smallest absolute Gasteiger partial charge is 0.192 e. The van der Waals surface area contributed by atoms with E-state index >= 15 is 0 Å². The molecule has 100 valence electrons. The molecular weight excluding hydrogens is 228 g/mol. The third kappa shape index (κ3) is 4.57. The van der Waals surface area contributed by atoms with E-state index < -0.39 is 8.32 Å². The van der Waals surface area contributed by atoms with Gasteiger partial charge >= 0.3 is 0 Å². The van der Waals surface area contributed by atoms with Crippen molar-refractivity contribution in [3.8, 4) is 0 Å². The molecule has 0 spiro atoms. The number of hydrogen-bond acceptors (Lipinski definition) is 2. The number of hydrogen-bond donors (Lipinski definition) is 0. The molecule has 0 N–H and O–H groups in total. The highest BCUT2D eigenvalue weighted by Crippen LogP contribution is 2.36. The maximum absolute atomic E-state index is 6.10. The highest BCUT2D eigenvalue weighted by Gasteiger charge is 2.36. The SMILES string of the molecule is CC[C@H](/C=C\CO[Si](C)(C)C(C)(C)C)[C@H]1CO1. The van der Waals surface area contributed by atoms with E-state index in [1.54, 1.807) is 0 Å². The Kier molecular flexibility index (Phi) is 4.99. The summed E-state index contributed by atoms with van der Waals surface area (Å²) in [7, 11) is -1.58. The summed E-state index contributed by atoms with van der Waals surface area (Å²) in [5.41, 5.74) is 0. The zero-order chi connectivity index (χ0) is 13.1. The molecule has 0 aromatic heterocycles. The Morgan fingerprint density at radius 3 is 2.41 bits per heavy atom. The third-order valence-corrected chi connectivity index (χ3v) is 8.54. The molecule has 0 amide bonds. The molecule has 0 unspecified atom stereocenters. The predicted octanol–water partition coefficient (Wildman–Crippen LogP) is 3.99. The summed E-state index contributed by atoms with van der Waals surface area (Å²) in [6, 6.07) is 0. The molecule has 1 heterocycles. The van der Waals surface area contributed by atoms with E-state index in [2.05, 4.69) is 52.9 Å². The third-order valence-electron chi connectivity index (χ3n) is 4.04. The van der Waals surface area contributed by atoms with Crippen molar-refractivity contribution >= 4 is 8.32 Å². The van der Waals surface area contributed by atoms with Crippen LogP contribution in [-0.4, -0.2) is 27.6 Å². The van der Waals surface area contributed by atoms with Crippen molar-refractivity contribution in [2.24, 2.45) is 5.92 Å². The molecule has 0 aromatic rings. The average molecular weight is 256 g/mol. The molecular formula is C14H28O2Si. The van der Waals surface area contributed by atoms with E-state index in [0.29, 0.717) is 17.1 Å². The van der Waals surface area contributed by atoms with Crippen molar-refractivity contribution in [3.05, 3.63) is 12.2 Å². The van der Waals surface area contributed by atoms with Crippen LogP contribution in [0.2, 0.25) is 18.1 Å². The average Bonchev–Trinajstić information content (AvgIpc) is 3.00. The Balaban J connectivity index is 2.33. The molecule has 1 rings (SSSR count). The lowest BCUT2D eigenvalue weighted by atomic mass is 10.0. The van der Waals surface area contributed by atoms with Crippen LogP contribution in [0.4, 0.5) is 0 Å². The predicted molar refractivity (Wildman–Crippen MR) is 75.8 cm³/mol. The molecule has 2 atom stereocenters. The van der Waals surface area contributed by atoms with E-state index in [0.717, 1.165) is 19.6 Å². The topological polar surface area (TPSA) is 21.8 Å². The second kappa shape index (κ2) is 5.68. The zero-order valence-electron chi connectivity index (χ0n) is 12.2.